The quantitative estimate of drug-likeness (QED) is 0.456. The second-order valence-electron chi connectivity index (χ2n) is 1.66. The van der Waals surface area contributed by atoms with Crippen LogP contribution < -0.4 is 4.74 Å². The Morgan fingerprint density at radius 1 is 1.55 bits per heavy atom. The molecule has 1 rings (SSSR count). The summed E-state index contributed by atoms with van der Waals surface area (Å²) < 4.78 is 4.58. The van der Waals surface area contributed by atoms with Gasteiger partial charge in [0.15, 0.2) is 0 Å². The van der Waals surface area contributed by atoms with Gasteiger partial charge in [-0.25, -0.2) is 14.8 Å². The van der Waals surface area contributed by atoms with Crippen molar-refractivity contribution in [3.8, 4) is 6.01 Å². The van der Waals surface area contributed by atoms with Crippen LogP contribution in [0.5, 0.6) is 6.01 Å². The van der Waals surface area contributed by atoms with E-state index < -0.39 is 5.97 Å². The monoisotopic (exact) mass is 150 g/mol. The number of nitrogens with zero attached hydrogens (tertiary/aromatic N) is 2. The summed E-state index contributed by atoms with van der Waals surface area (Å²) in [5.74, 6) is -0.559. The Hall–Kier alpha value is -1.71. The van der Waals surface area contributed by atoms with E-state index in [1.54, 1.807) is 6.07 Å². The van der Waals surface area contributed by atoms with Gasteiger partial charge in [0, 0.05) is 18.5 Å². The van der Waals surface area contributed by atoms with Crippen molar-refractivity contribution in [1.82, 2.24) is 9.97 Å². The van der Waals surface area contributed by atoms with Crippen molar-refractivity contribution in [2.75, 3.05) is 0 Å². The molecule has 0 aromatic carbocycles. The van der Waals surface area contributed by atoms with Crippen LogP contribution in [0.3, 0.4) is 0 Å². The number of hydrogen-bond donors (Lipinski definition) is 0. The summed E-state index contributed by atoms with van der Waals surface area (Å²) in [4.78, 5) is 17.9. The molecule has 0 unspecified atom stereocenters. The average molecular weight is 150 g/mol. The molecule has 0 amide bonds. The van der Waals surface area contributed by atoms with Crippen LogP contribution in [0.1, 0.15) is 0 Å². The Kier molecular flexibility index (Phi) is 2.32. The second kappa shape index (κ2) is 3.46. The molecular weight excluding hydrogens is 144 g/mol. The van der Waals surface area contributed by atoms with Crippen molar-refractivity contribution in [1.29, 1.82) is 0 Å². The minimum absolute atomic E-state index is 0.0393. The second-order valence-corrected chi connectivity index (χ2v) is 1.66. The van der Waals surface area contributed by atoms with Crippen LogP contribution in [0, 0.1) is 0 Å². The molecule has 4 nitrogen and oxygen atoms in total. The molecule has 0 aliphatic heterocycles. The third kappa shape index (κ3) is 2.17. The molecule has 0 bridgehead atoms. The van der Waals surface area contributed by atoms with Gasteiger partial charge in [0.2, 0.25) is 0 Å². The normalized spacial score (nSPS) is 8.73. The van der Waals surface area contributed by atoms with E-state index in [1.807, 2.05) is 0 Å². The van der Waals surface area contributed by atoms with Crippen LogP contribution >= 0.6 is 0 Å². The fourth-order valence-corrected chi connectivity index (χ4v) is 0.470. The first-order valence-electron chi connectivity index (χ1n) is 2.94. The highest BCUT2D eigenvalue weighted by molar-refractivity contribution is 5.82. The lowest BCUT2D eigenvalue weighted by Crippen LogP contribution is -2.05. The summed E-state index contributed by atoms with van der Waals surface area (Å²) in [6.45, 7) is 3.23. The summed E-state index contributed by atoms with van der Waals surface area (Å²) in [6, 6.07) is 1.67. The lowest BCUT2D eigenvalue weighted by Gasteiger charge is -1.95. The number of hydrogen-bond acceptors (Lipinski definition) is 4. The molecule has 0 saturated heterocycles. The number of ether oxygens (including phenoxy) is 1. The van der Waals surface area contributed by atoms with Gasteiger partial charge in [0.1, 0.15) is 0 Å². The zero-order valence-electron chi connectivity index (χ0n) is 5.73. The van der Waals surface area contributed by atoms with E-state index in [9.17, 15) is 4.79 Å². The van der Waals surface area contributed by atoms with Gasteiger partial charge in [-0.3, -0.25) is 0 Å². The van der Waals surface area contributed by atoms with Crippen LogP contribution in [-0.2, 0) is 4.79 Å². The number of rotatable bonds is 2. The van der Waals surface area contributed by atoms with Crippen LogP contribution in [-0.4, -0.2) is 15.9 Å². The molecule has 0 fully saturated rings. The molecule has 1 heterocycles. The maximum atomic E-state index is 10.6. The summed E-state index contributed by atoms with van der Waals surface area (Å²) in [6.07, 6.45) is 4.02. The topological polar surface area (TPSA) is 52.1 Å². The Morgan fingerprint density at radius 2 is 2.18 bits per heavy atom. The first-order chi connectivity index (χ1) is 5.33. The zero-order chi connectivity index (χ0) is 8.10. The van der Waals surface area contributed by atoms with Gasteiger partial charge in [0.25, 0.3) is 0 Å². The van der Waals surface area contributed by atoms with Crippen LogP contribution in [0.4, 0.5) is 0 Å². The highest BCUT2D eigenvalue weighted by Gasteiger charge is 1.98. The lowest BCUT2D eigenvalue weighted by atomic mass is 10.6. The molecule has 0 spiro atoms. The first-order valence-corrected chi connectivity index (χ1v) is 2.94. The van der Waals surface area contributed by atoms with Crippen molar-refractivity contribution < 1.29 is 9.53 Å². The molecule has 11 heavy (non-hydrogen) atoms. The maximum absolute atomic E-state index is 10.6. The molecule has 1 aromatic rings. The van der Waals surface area contributed by atoms with Gasteiger partial charge in [-0.15, -0.1) is 0 Å². The number of carbonyl (C=O) groups is 1. The minimum Gasteiger partial charge on any atom is -0.388 e. The van der Waals surface area contributed by atoms with Crippen molar-refractivity contribution >= 4 is 5.97 Å². The van der Waals surface area contributed by atoms with Crippen molar-refractivity contribution in [3.63, 3.8) is 0 Å². The van der Waals surface area contributed by atoms with Crippen molar-refractivity contribution in [3.05, 3.63) is 31.1 Å². The molecule has 56 valence electrons. The van der Waals surface area contributed by atoms with E-state index in [0.29, 0.717) is 0 Å². The third-order valence-corrected chi connectivity index (χ3v) is 0.901. The summed E-state index contributed by atoms with van der Waals surface area (Å²) >= 11 is 0. The summed E-state index contributed by atoms with van der Waals surface area (Å²) in [5.41, 5.74) is 0. The Balaban J connectivity index is 2.65. The summed E-state index contributed by atoms with van der Waals surface area (Å²) in [7, 11) is 0. The molecule has 0 N–H and O–H groups in total. The molecule has 4 heteroatoms. The summed E-state index contributed by atoms with van der Waals surface area (Å²) in [5, 5.41) is 0. The van der Waals surface area contributed by atoms with Gasteiger partial charge in [-0.1, -0.05) is 6.58 Å². The average Bonchev–Trinajstić information content (AvgIpc) is 2.06. The Labute approximate surface area is 63.6 Å². The molecule has 0 aliphatic carbocycles. The third-order valence-electron chi connectivity index (χ3n) is 0.901. The number of aromatic nitrogens is 2. The molecule has 0 saturated carbocycles. The van der Waals surface area contributed by atoms with E-state index in [-0.39, 0.29) is 6.01 Å². The van der Waals surface area contributed by atoms with E-state index >= 15 is 0 Å². The SMILES string of the molecule is C=CC(=O)Oc1ncccn1. The lowest BCUT2D eigenvalue weighted by molar-refractivity contribution is -0.129. The van der Waals surface area contributed by atoms with Crippen LogP contribution in [0.2, 0.25) is 0 Å². The molecule has 1 aromatic heterocycles. The van der Waals surface area contributed by atoms with Gasteiger partial charge < -0.3 is 4.74 Å². The van der Waals surface area contributed by atoms with E-state index in [0.717, 1.165) is 6.08 Å². The molecular formula is C7H6N2O2. The van der Waals surface area contributed by atoms with Gasteiger partial charge >= 0.3 is 12.0 Å². The maximum Gasteiger partial charge on any atom is 0.337 e. The standard InChI is InChI=1S/C7H6N2O2/c1-2-6(10)11-7-8-4-3-5-9-7/h2-5H,1H2. The molecule has 0 aliphatic rings. The fourth-order valence-electron chi connectivity index (χ4n) is 0.470. The van der Waals surface area contributed by atoms with Crippen molar-refractivity contribution in [2.45, 2.75) is 0 Å². The highest BCUT2D eigenvalue weighted by atomic mass is 16.5. The van der Waals surface area contributed by atoms with Crippen LogP contribution in [0.15, 0.2) is 31.1 Å². The number of esters is 1. The van der Waals surface area contributed by atoms with E-state index in [4.69, 9.17) is 0 Å². The van der Waals surface area contributed by atoms with E-state index in [1.165, 1.54) is 12.4 Å². The Morgan fingerprint density at radius 3 is 2.73 bits per heavy atom. The predicted molar refractivity (Wildman–Crippen MR) is 37.9 cm³/mol. The largest absolute Gasteiger partial charge is 0.388 e. The highest BCUT2D eigenvalue weighted by Crippen LogP contribution is 1.97. The predicted octanol–water partition coefficient (Wildman–Crippen LogP) is 0.568. The smallest absolute Gasteiger partial charge is 0.337 e. The molecule has 0 radical (unpaired) electrons. The Bertz CT molecular complexity index is 258. The zero-order valence-corrected chi connectivity index (χ0v) is 5.73. The minimum atomic E-state index is -0.559. The van der Waals surface area contributed by atoms with E-state index in [2.05, 4.69) is 21.3 Å². The van der Waals surface area contributed by atoms with Crippen molar-refractivity contribution in [2.24, 2.45) is 0 Å². The fraction of sp³-hybridized carbons (Fsp3) is 0. The van der Waals surface area contributed by atoms with Gasteiger partial charge in [-0.2, -0.15) is 0 Å². The first kappa shape index (κ1) is 7.40. The number of carbonyl (C=O) groups excluding carboxylic acids is 1. The molecule has 0 atom stereocenters. The van der Waals surface area contributed by atoms with Crippen LogP contribution in [0.25, 0.3) is 0 Å². The van der Waals surface area contributed by atoms with Gasteiger partial charge in [-0.05, 0) is 6.07 Å². The van der Waals surface area contributed by atoms with Gasteiger partial charge in [0.05, 0.1) is 0 Å².